The van der Waals surface area contributed by atoms with E-state index in [1.807, 2.05) is 13.8 Å². The Labute approximate surface area is 83.0 Å². The predicted octanol–water partition coefficient (Wildman–Crippen LogP) is 2.57. The minimum atomic E-state index is 0.780. The molecule has 0 saturated carbocycles. The third-order valence-electron chi connectivity index (χ3n) is 2.40. The molecule has 6 heteroatoms. The molecule has 0 spiro atoms. The molecule has 0 aliphatic carbocycles. The fourth-order valence-corrected chi connectivity index (χ4v) is 2.24. The van der Waals surface area contributed by atoms with E-state index in [1.54, 1.807) is 0 Å². The molecule has 0 radical (unpaired) electrons. The fourth-order valence-electron chi connectivity index (χ4n) is 1.59. The Morgan fingerprint density at radius 1 is 0.929 bits per heavy atom. The second kappa shape index (κ2) is 2.48. The van der Waals surface area contributed by atoms with E-state index in [-0.39, 0.29) is 0 Å². The lowest BCUT2D eigenvalue weighted by Crippen LogP contribution is -1.83. The van der Waals surface area contributed by atoms with Crippen molar-refractivity contribution in [2.45, 2.75) is 13.8 Å². The summed E-state index contributed by atoms with van der Waals surface area (Å²) >= 11 is 1.21. The SMILES string of the molecule is Cc1c2c(c(C)c3nonc13)N=S=N2. The van der Waals surface area contributed by atoms with Crippen LogP contribution in [0, 0.1) is 13.8 Å². The minimum Gasteiger partial charge on any atom is -0.243 e. The number of rotatable bonds is 0. The van der Waals surface area contributed by atoms with Crippen LogP contribution in [-0.4, -0.2) is 10.3 Å². The quantitative estimate of drug-likeness (QED) is 0.567. The maximum Gasteiger partial charge on any atom is 0.140 e. The van der Waals surface area contributed by atoms with Gasteiger partial charge in [0.05, 0.1) is 11.4 Å². The van der Waals surface area contributed by atoms with Crippen molar-refractivity contribution in [2.24, 2.45) is 8.73 Å². The van der Waals surface area contributed by atoms with Gasteiger partial charge in [-0.25, -0.2) is 4.63 Å². The van der Waals surface area contributed by atoms with Crippen LogP contribution >= 0.6 is 0 Å². The Morgan fingerprint density at radius 2 is 1.43 bits per heavy atom. The third kappa shape index (κ3) is 0.784. The van der Waals surface area contributed by atoms with Crippen LogP contribution in [-0.2, 0) is 11.4 Å². The van der Waals surface area contributed by atoms with Gasteiger partial charge >= 0.3 is 0 Å². The topological polar surface area (TPSA) is 63.6 Å². The standard InChI is InChI=1S/C8H6N4OS/c1-3-5-6(10-13-9-5)4(2)8-7(3)11-14-12-8/h1-2H3. The number of aromatic nitrogens is 2. The van der Waals surface area contributed by atoms with Crippen LogP contribution in [0.15, 0.2) is 13.4 Å². The number of hydrogen-bond acceptors (Lipinski definition) is 5. The Bertz CT molecular complexity index is 561. The summed E-state index contributed by atoms with van der Waals surface area (Å²) in [4.78, 5) is 0. The van der Waals surface area contributed by atoms with Crippen LogP contribution in [0.3, 0.4) is 0 Å². The van der Waals surface area contributed by atoms with Crippen molar-refractivity contribution in [2.75, 3.05) is 0 Å². The summed E-state index contributed by atoms with van der Waals surface area (Å²) in [5.74, 6) is 0. The summed E-state index contributed by atoms with van der Waals surface area (Å²) in [5.41, 5.74) is 5.32. The minimum absolute atomic E-state index is 0.780. The molecule has 2 heterocycles. The lowest BCUT2D eigenvalue weighted by Gasteiger charge is -2.02. The number of fused-ring (bicyclic) bond motifs is 2. The maximum absolute atomic E-state index is 4.72. The van der Waals surface area contributed by atoms with Crippen LogP contribution in [0.1, 0.15) is 11.1 Å². The second-order valence-electron chi connectivity index (χ2n) is 3.17. The number of nitrogens with zero attached hydrogens (tertiary/aromatic N) is 4. The molecule has 5 nitrogen and oxygen atoms in total. The lowest BCUT2D eigenvalue weighted by atomic mass is 10.1. The monoisotopic (exact) mass is 206 g/mol. The highest BCUT2D eigenvalue weighted by atomic mass is 32.1. The van der Waals surface area contributed by atoms with E-state index in [0.29, 0.717) is 0 Å². The molecule has 0 unspecified atom stereocenters. The molecule has 1 aromatic carbocycles. The Kier molecular flexibility index (Phi) is 1.38. The number of hydrogen-bond donors (Lipinski definition) is 0. The summed E-state index contributed by atoms with van der Waals surface area (Å²) in [7, 11) is 0. The van der Waals surface area contributed by atoms with E-state index in [4.69, 9.17) is 4.63 Å². The first-order valence-electron chi connectivity index (χ1n) is 4.12. The normalized spacial score (nSPS) is 13.3. The summed E-state index contributed by atoms with van der Waals surface area (Å²) in [6, 6.07) is 0. The van der Waals surface area contributed by atoms with Gasteiger partial charge in [0.25, 0.3) is 0 Å². The maximum atomic E-state index is 4.72. The van der Waals surface area contributed by atoms with E-state index in [0.717, 1.165) is 33.5 Å². The number of benzene rings is 1. The molecule has 1 aliphatic rings. The van der Waals surface area contributed by atoms with Crippen LogP contribution in [0.2, 0.25) is 0 Å². The van der Waals surface area contributed by atoms with E-state index < -0.39 is 0 Å². The largest absolute Gasteiger partial charge is 0.243 e. The molecule has 2 aromatic rings. The molecule has 0 bridgehead atoms. The highest BCUT2D eigenvalue weighted by Gasteiger charge is 2.19. The van der Waals surface area contributed by atoms with Gasteiger partial charge < -0.3 is 0 Å². The Balaban J connectivity index is 2.59. The summed E-state index contributed by atoms with van der Waals surface area (Å²) in [6.07, 6.45) is 0. The van der Waals surface area contributed by atoms with Crippen molar-refractivity contribution in [3.05, 3.63) is 11.1 Å². The smallest absolute Gasteiger partial charge is 0.140 e. The van der Waals surface area contributed by atoms with Crippen LogP contribution < -0.4 is 0 Å². The molecule has 1 aliphatic heterocycles. The molecule has 14 heavy (non-hydrogen) atoms. The van der Waals surface area contributed by atoms with Crippen molar-refractivity contribution < 1.29 is 4.63 Å². The molecular formula is C8H6N4OS. The van der Waals surface area contributed by atoms with Gasteiger partial charge in [0.2, 0.25) is 0 Å². The van der Waals surface area contributed by atoms with E-state index in [9.17, 15) is 0 Å². The van der Waals surface area contributed by atoms with Crippen LogP contribution in [0.25, 0.3) is 11.0 Å². The van der Waals surface area contributed by atoms with Crippen molar-refractivity contribution >= 4 is 33.8 Å². The van der Waals surface area contributed by atoms with E-state index in [1.165, 1.54) is 11.4 Å². The highest BCUT2D eigenvalue weighted by Crippen LogP contribution is 2.41. The first kappa shape index (κ1) is 7.81. The first-order valence-corrected chi connectivity index (χ1v) is 4.86. The third-order valence-corrected chi connectivity index (χ3v) is 2.93. The zero-order valence-electron chi connectivity index (χ0n) is 7.61. The fraction of sp³-hybridized carbons (Fsp3) is 0.250. The van der Waals surface area contributed by atoms with Gasteiger partial charge in [-0.3, -0.25) is 0 Å². The van der Waals surface area contributed by atoms with E-state index >= 15 is 0 Å². The average molecular weight is 206 g/mol. The van der Waals surface area contributed by atoms with E-state index in [2.05, 4.69) is 19.0 Å². The average Bonchev–Trinajstić information content (AvgIpc) is 2.82. The summed E-state index contributed by atoms with van der Waals surface area (Å²) in [6.45, 7) is 3.91. The predicted molar refractivity (Wildman–Crippen MR) is 52.8 cm³/mol. The molecule has 0 amide bonds. The van der Waals surface area contributed by atoms with Crippen molar-refractivity contribution in [3.8, 4) is 0 Å². The van der Waals surface area contributed by atoms with Crippen molar-refractivity contribution in [3.63, 3.8) is 0 Å². The van der Waals surface area contributed by atoms with Crippen molar-refractivity contribution in [1.82, 2.24) is 10.3 Å². The molecule has 0 N–H and O–H groups in total. The zero-order valence-corrected chi connectivity index (χ0v) is 8.42. The Hall–Kier alpha value is -1.56. The van der Waals surface area contributed by atoms with Crippen LogP contribution in [0.4, 0.5) is 11.4 Å². The van der Waals surface area contributed by atoms with Gasteiger partial charge in [-0.2, -0.15) is 8.73 Å². The molecule has 0 fully saturated rings. The molecular weight excluding hydrogens is 200 g/mol. The lowest BCUT2D eigenvalue weighted by molar-refractivity contribution is 0.315. The van der Waals surface area contributed by atoms with Crippen LogP contribution in [0.5, 0.6) is 0 Å². The second-order valence-corrected chi connectivity index (χ2v) is 3.70. The van der Waals surface area contributed by atoms with Gasteiger partial charge in [0.15, 0.2) is 0 Å². The highest BCUT2D eigenvalue weighted by molar-refractivity contribution is 7.58. The molecule has 0 atom stereocenters. The summed E-state index contributed by atoms with van der Waals surface area (Å²) < 4.78 is 13.2. The summed E-state index contributed by atoms with van der Waals surface area (Å²) in [5, 5.41) is 7.72. The Morgan fingerprint density at radius 3 is 1.93 bits per heavy atom. The molecule has 1 aromatic heterocycles. The van der Waals surface area contributed by atoms with Gasteiger partial charge in [-0.05, 0) is 24.2 Å². The molecule has 3 rings (SSSR count). The van der Waals surface area contributed by atoms with Gasteiger partial charge in [-0.1, -0.05) is 0 Å². The number of aryl methyl sites for hydroxylation is 2. The first-order chi connectivity index (χ1) is 6.79. The van der Waals surface area contributed by atoms with Gasteiger partial charge in [0, 0.05) is 11.1 Å². The van der Waals surface area contributed by atoms with Gasteiger partial charge in [0.1, 0.15) is 22.4 Å². The van der Waals surface area contributed by atoms with Crippen molar-refractivity contribution in [1.29, 1.82) is 0 Å². The zero-order chi connectivity index (χ0) is 9.71. The molecule has 70 valence electrons. The van der Waals surface area contributed by atoms with Gasteiger partial charge in [-0.15, -0.1) is 0 Å². The molecule has 0 saturated heterocycles.